The molecule has 0 aliphatic rings. The molecule has 2 nitrogen and oxygen atoms in total. The Balaban J connectivity index is 2.13. The first-order valence-corrected chi connectivity index (χ1v) is 4.94. The number of furan rings is 1. The minimum atomic E-state index is 0.570. The van der Waals surface area contributed by atoms with Crippen molar-refractivity contribution in [1.82, 2.24) is 0 Å². The van der Waals surface area contributed by atoms with Crippen molar-refractivity contribution >= 4 is 6.29 Å². The summed E-state index contributed by atoms with van der Waals surface area (Å²) in [7, 11) is 0. The van der Waals surface area contributed by atoms with Crippen molar-refractivity contribution in [2.45, 2.75) is 6.42 Å². The van der Waals surface area contributed by atoms with Crippen LogP contribution >= 0.6 is 0 Å². The predicted molar refractivity (Wildman–Crippen MR) is 61.1 cm³/mol. The van der Waals surface area contributed by atoms with E-state index < -0.39 is 0 Å². The summed E-state index contributed by atoms with van der Waals surface area (Å²) in [5, 5.41) is 0. The Labute approximate surface area is 93.9 Å². The van der Waals surface area contributed by atoms with Gasteiger partial charge in [0.15, 0.2) is 0 Å². The summed E-state index contributed by atoms with van der Waals surface area (Å²) in [6, 6.07) is 9.26. The van der Waals surface area contributed by atoms with E-state index in [0.29, 0.717) is 12.0 Å². The van der Waals surface area contributed by atoms with Crippen molar-refractivity contribution in [3.05, 3.63) is 59.5 Å². The normalized spacial score (nSPS) is 9.25. The molecule has 0 saturated heterocycles. The lowest BCUT2D eigenvalue weighted by Gasteiger charge is -1.97. The van der Waals surface area contributed by atoms with Crippen molar-refractivity contribution < 1.29 is 9.21 Å². The second-order valence-corrected chi connectivity index (χ2v) is 3.31. The third-order valence-corrected chi connectivity index (χ3v) is 2.21. The highest BCUT2D eigenvalue weighted by atomic mass is 16.3. The number of hydrogen-bond donors (Lipinski definition) is 0. The molecule has 78 valence electrons. The summed E-state index contributed by atoms with van der Waals surface area (Å²) in [6.07, 6.45) is 4.61. The Hall–Kier alpha value is -2.27. The van der Waals surface area contributed by atoms with E-state index in [1.165, 1.54) is 0 Å². The molecule has 1 heterocycles. The highest BCUT2D eigenvalue weighted by Crippen LogP contribution is 2.06. The molecule has 2 heteroatoms. The molecule has 1 aromatic carbocycles. The largest absolute Gasteiger partial charge is 0.471 e. The van der Waals surface area contributed by atoms with Crippen LogP contribution < -0.4 is 0 Å². The average Bonchev–Trinajstić information content (AvgIpc) is 2.83. The van der Waals surface area contributed by atoms with Gasteiger partial charge in [-0.05, 0) is 11.6 Å². The van der Waals surface area contributed by atoms with E-state index in [-0.39, 0.29) is 0 Å². The first-order chi connectivity index (χ1) is 7.90. The van der Waals surface area contributed by atoms with E-state index in [1.807, 2.05) is 18.2 Å². The van der Waals surface area contributed by atoms with Crippen molar-refractivity contribution in [1.29, 1.82) is 0 Å². The van der Waals surface area contributed by atoms with Crippen LogP contribution in [0.15, 0.2) is 47.3 Å². The van der Waals surface area contributed by atoms with Crippen LogP contribution in [0.25, 0.3) is 0 Å². The van der Waals surface area contributed by atoms with Gasteiger partial charge in [0.25, 0.3) is 0 Å². The van der Waals surface area contributed by atoms with Crippen LogP contribution in [0.2, 0.25) is 0 Å². The highest BCUT2D eigenvalue weighted by Gasteiger charge is 1.97. The minimum absolute atomic E-state index is 0.570. The molecule has 0 aliphatic carbocycles. The number of rotatable bonds is 2. The predicted octanol–water partition coefficient (Wildman–Crippen LogP) is 2.69. The van der Waals surface area contributed by atoms with Gasteiger partial charge >= 0.3 is 0 Å². The maximum Gasteiger partial charge on any atom is 0.150 e. The van der Waals surface area contributed by atoms with Gasteiger partial charge in [0, 0.05) is 12.0 Å². The number of carbonyl (C=O) groups excluding carboxylic acids is 1. The van der Waals surface area contributed by atoms with Crippen LogP contribution in [-0.4, -0.2) is 6.29 Å². The monoisotopic (exact) mass is 210 g/mol. The van der Waals surface area contributed by atoms with E-state index in [4.69, 9.17) is 4.42 Å². The molecule has 0 unspecified atom stereocenters. The molecule has 0 saturated carbocycles. The molecule has 0 spiro atoms. The summed E-state index contributed by atoms with van der Waals surface area (Å²) >= 11 is 0. The summed E-state index contributed by atoms with van der Waals surface area (Å²) in [6.45, 7) is 0. The molecule has 2 rings (SSSR count). The fourth-order valence-electron chi connectivity index (χ4n) is 1.39. The minimum Gasteiger partial charge on any atom is -0.471 e. The fourth-order valence-corrected chi connectivity index (χ4v) is 1.39. The van der Waals surface area contributed by atoms with Crippen LogP contribution in [0.5, 0.6) is 0 Å². The first-order valence-electron chi connectivity index (χ1n) is 4.94. The Morgan fingerprint density at radius 3 is 2.88 bits per heavy atom. The zero-order valence-corrected chi connectivity index (χ0v) is 8.64. The SMILES string of the molecule is O=Cc1ccccc1CC#Cc1ccoc1. The van der Waals surface area contributed by atoms with Crippen molar-refractivity contribution in [2.24, 2.45) is 0 Å². The summed E-state index contributed by atoms with van der Waals surface area (Å²) in [5.74, 6) is 5.97. The highest BCUT2D eigenvalue weighted by molar-refractivity contribution is 5.77. The van der Waals surface area contributed by atoms with Crippen LogP contribution in [0, 0.1) is 11.8 Å². The molecule has 0 atom stereocenters. The van der Waals surface area contributed by atoms with E-state index in [9.17, 15) is 4.79 Å². The molecule has 2 aromatic rings. The summed E-state index contributed by atoms with van der Waals surface area (Å²) in [5.41, 5.74) is 2.50. The van der Waals surface area contributed by atoms with E-state index in [1.54, 1.807) is 24.7 Å². The molecule has 0 bridgehead atoms. The average molecular weight is 210 g/mol. The zero-order valence-electron chi connectivity index (χ0n) is 8.64. The van der Waals surface area contributed by atoms with Crippen molar-refractivity contribution in [2.75, 3.05) is 0 Å². The summed E-state index contributed by atoms with van der Waals surface area (Å²) in [4.78, 5) is 10.8. The van der Waals surface area contributed by atoms with E-state index >= 15 is 0 Å². The molecule has 0 fully saturated rings. The molecular formula is C14H10O2. The second kappa shape index (κ2) is 4.99. The van der Waals surface area contributed by atoms with E-state index in [2.05, 4.69) is 11.8 Å². The molecule has 16 heavy (non-hydrogen) atoms. The third-order valence-electron chi connectivity index (χ3n) is 2.21. The lowest BCUT2D eigenvalue weighted by molar-refractivity contribution is 0.112. The van der Waals surface area contributed by atoms with Crippen LogP contribution in [0.3, 0.4) is 0 Å². The zero-order chi connectivity index (χ0) is 11.2. The van der Waals surface area contributed by atoms with Gasteiger partial charge in [0.05, 0.1) is 11.8 Å². The van der Waals surface area contributed by atoms with Gasteiger partial charge in [-0.2, -0.15) is 0 Å². The van der Waals surface area contributed by atoms with Gasteiger partial charge < -0.3 is 4.42 Å². The Morgan fingerprint density at radius 2 is 2.12 bits per heavy atom. The fraction of sp³-hybridized carbons (Fsp3) is 0.0714. The van der Waals surface area contributed by atoms with E-state index in [0.717, 1.165) is 17.4 Å². The van der Waals surface area contributed by atoms with Gasteiger partial charge in [0.2, 0.25) is 0 Å². The van der Waals surface area contributed by atoms with Gasteiger partial charge in [-0.15, -0.1) is 0 Å². The molecule has 0 aliphatic heterocycles. The maximum absolute atomic E-state index is 10.8. The molecule has 0 amide bonds. The Bertz CT molecular complexity index is 527. The quantitative estimate of drug-likeness (QED) is 0.563. The topological polar surface area (TPSA) is 30.2 Å². The number of carbonyl (C=O) groups is 1. The Morgan fingerprint density at radius 1 is 1.25 bits per heavy atom. The van der Waals surface area contributed by atoms with Crippen LogP contribution in [0.1, 0.15) is 21.5 Å². The third kappa shape index (κ3) is 2.40. The Kier molecular flexibility index (Phi) is 3.20. The smallest absolute Gasteiger partial charge is 0.150 e. The number of benzene rings is 1. The molecular weight excluding hydrogens is 200 g/mol. The van der Waals surface area contributed by atoms with Crippen molar-refractivity contribution in [3.63, 3.8) is 0 Å². The number of aldehydes is 1. The van der Waals surface area contributed by atoms with Crippen molar-refractivity contribution in [3.8, 4) is 11.8 Å². The molecule has 1 aromatic heterocycles. The van der Waals surface area contributed by atoms with Crippen LogP contribution in [-0.2, 0) is 6.42 Å². The van der Waals surface area contributed by atoms with Gasteiger partial charge in [-0.3, -0.25) is 4.79 Å². The van der Waals surface area contributed by atoms with Gasteiger partial charge in [-0.1, -0.05) is 36.1 Å². The standard InChI is InChI=1S/C14H10O2/c15-10-14-6-2-1-5-13(14)7-3-4-12-8-9-16-11-12/h1-2,5-6,8-11H,7H2. The van der Waals surface area contributed by atoms with Gasteiger partial charge in [0.1, 0.15) is 12.5 Å². The van der Waals surface area contributed by atoms with Gasteiger partial charge in [-0.25, -0.2) is 0 Å². The lowest BCUT2D eigenvalue weighted by atomic mass is 10.1. The molecule has 0 N–H and O–H groups in total. The molecule has 0 radical (unpaired) electrons. The first kappa shape index (κ1) is 10.3. The number of hydrogen-bond acceptors (Lipinski definition) is 2. The summed E-state index contributed by atoms with van der Waals surface area (Å²) < 4.78 is 4.90. The second-order valence-electron chi connectivity index (χ2n) is 3.31. The lowest BCUT2D eigenvalue weighted by Crippen LogP contribution is -1.90. The van der Waals surface area contributed by atoms with Crippen LogP contribution in [0.4, 0.5) is 0 Å². The maximum atomic E-state index is 10.8.